The van der Waals surface area contributed by atoms with Crippen molar-refractivity contribution in [2.24, 2.45) is 0 Å². The Balaban J connectivity index is 1.20. The zero-order chi connectivity index (χ0) is 51.7. The van der Waals surface area contributed by atoms with Gasteiger partial charge in [-0.15, -0.1) is 45.3 Å². The molecule has 0 aliphatic carbocycles. The first-order chi connectivity index (χ1) is 38.4. The minimum atomic E-state index is 0.435. The highest BCUT2D eigenvalue weighted by atomic mass is 32.1. The van der Waals surface area contributed by atoms with Gasteiger partial charge in [0.1, 0.15) is 6.07 Å². The summed E-state index contributed by atoms with van der Waals surface area (Å²) in [5, 5.41) is 26.5. The lowest BCUT2D eigenvalue weighted by atomic mass is 9.88. The van der Waals surface area contributed by atoms with E-state index in [4.69, 9.17) is 4.85 Å². The van der Waals surface area contributed by atoms with Gasteiger partial charge in [0.2, 0.25) is 5.69 Å². The molecule has 0 bridgehead atoms. The molecule has 0 amide bonds. The molecule has 0 aliphatic rings. The van der Waals surface area contributed by atoms with E-state index in [0.29, 0.717) is 16.8 Å². The molecule has 362 valence electrons. The summed E-state index contributed by atoms with van der Waals surface area (Å²) in [5.74, 6) is 0. The molecular weight excluding hydrogens is 1030 g/mol. The molecule has 0 fully saturated rings. The SMILES string of the molecule is [C-]#[N+]c1c(-c2ccc(C)cc2)c(C#N)c(-n2c3c(ccc4c5ccccc5sc43)c3ccc4c5ccccc5sc4c32)c(-c2ccc(C)cc2)c1-n1c2c(ccc3c4ccccc4sc32)c2ccc3c4ccccc4sc3c21. The maximum Gasteiger partial charge on any atom is 0.220 e. The van der Waals surface area contributed by atoms with E-state index in [9.17, 15) is 11.8 Å². The molecule has 0 atom stereocenters. The molecule has 0 aliphatic heterocycles. The molecule has 17 aromatic rings. The highest BCUT2D eigenvalue weighted by molar-refractivity contribution is 7.28. The van der Waals surface area contributed by atoms with Gasteiger partial charge in [-0.3, -0.25) is 0 Å². The van der Waals surface area contributed by atoms with E-state index in [1.807, 2.05) is 45.3 Å². The summed E-state index contributed by atoms with van der Waals surface area (Å²) < 4.78 is 14.4. The van der Waals surface area contributed by atoms with E-state index in [0.717, 1.165) is 102 Å². The van der Waals surface area contributed by atoms with Crippen molar-refractivity contribution in [1.82, 2.24) is 9.13 Å². The molecule has 0 radical (unpaired) electrons. The van der Waals surface area contributed by atoms with Crippen molar-refractivity contribution < 1.29 is 0 Å². The van der Waals surface area contributed by atoms with Crippen LogP contribution in [0.15, 0.2) is 194 Å². The van der Waals surface area contributed by atoms with Crippen LogP contribution < -0.4 is 0 Å². The van der Waals surface area contributed by atoms with E-state index < -0.39 is 0 Å². The average Bonchev–Trinajstić information content (AvgIpc) is 3.59. The maximum atomic E-state index is 12.5. The number of aromatic nitrogens is 2. The first kappa shape index (κ1) is 44.1. The highest BCUT2D eigenvalue weighted by Gasteiger charge is 2.34. The zero-order valence-corrected chi connectivity index (χ0v) is 45.2. The topological polar surface area (TPSA) is 38.0 Å². The Kier molecular flexibility index (Phi) is 9.15. The second-order valence-electron chi connectivity index (χ2n) is 20.5. The Bertz CT molecular complexity index is 5050. The van der Waals surface area contributed by atoms with Gasteiger partial charge in [0.05, 0.1) is 64.4 Å². The molecule has 0 saturated carbocycles. The van der Waals surface area contributed by atoms with Crippen LogP contribution in [-0.4, -0.2) is 9.13 Å². The van der Waals surface area contributed by atoms with Gasteiger partial charge in [0, 0.05) is 94.6 Å². The van der Waals surface area contributed by atoms with Crippen LogP contribution in [-0.2, 0) is 0 Å². The van der Waals surface area contributed by atoms with E-state index >= 15 is 0 Å². The summed E-state index contributed by atoms with van der Waals surface area (Å²) in [5.41, 5.74) is 12.0. The molecule has 17 rings (SSSR count). The molecule has 0 spiro atoms. The minimum Gasteiger partial charge on any atom is -0.316 e. The maximum absolute atomic E-state index is 12.5. The fraction of sp³-hybridized carbons (Fsp3) is 0.0286. The number of hydrogen-bond acceptors (Lipinski definition) is 5. The van der Waals surface area contributed by atoms with Crippen LogP contribution in [0.1, 0.15) is 16.7 Å². The average molecular weight is 1060 g/mol. The molecule has 0 unspecified atom stereocenters. The standard InChI is InChI=1S/C70H38N4S4/c1-37-20-24-39(25-21-37)58-53(36-71)61(73-62-45(28-32-49-41-12-4-8-16-54(41)75-67(49)62)46-29-33-50-42-13-5-9-17-55(42)76-68(50)63(46)73)59(40-26-22-38(2)23-27-40)66(60(58)72-3)74-64-47(30-34-51-43-14-6-10-18-56(43)77-69(51)64)48-31-35-52-44-15-7-11-19-57(44)78-70(52)65(48)74/h4-35H,1-2H3. The second-order valence-corrected chi connectivity index (χ2v) is 24.8. The Morgan fingerprint density at radius 2 is 0.667 bits per heavy atom. The number of aryl methyl sites for hydroxylation is 2. The summed E-state index contributed by atoms with van der Waals surface area (Å²) in [6.07, 6.45) is 0. The van der Waals surface area contributed by atoms with Gasteiger partial charge < -0.3 is 9.13 Å². The summed E-state index contributed by atoms with van der Waals surface area (Å²) >= 11 is 7.26. The van der Waals surface area contributed by atoms with Crippen molar-refractivity contribution in [3.63, 3.8) is 0 Å². The van der Waals surface area contributed by atoms with Crippen molar-refractivity contribution in [2.45, 2.75) is 13.8 Å². The van der Waals surface area contributed by atoms with Gasteiger partial charge in [-0.05, 0) is 49.2 Å². The number of nitrogens with zero attached hydrogens (tertiary/aromatic N) is 4. The summed E-state index contributed by atoms with van der Waals surface area (Å²) in [4.78, 5) is 4.78. The molecule has 0 saturated heterocycles. The Morgan fingerprint density at radius 3 is 1.00 bits per heavy atom. The van der Waals surface area contributed by atoms with E-state index in [1.165, 1.54) is 61.9 Å². The van der Waals surface area contributed by atoms with Crippen molar-refractivity contribution in [1.29, 1.82) is 5.26 Å². The number of benzene rings is 11. The molecule has 6 heterocycles. The van der Waals surface area contributed by atoms with Crippen LogP contribution in [0.5, 0.6) is 0 Å². The van der Waals surface area contributed by atoms with Gasteiger partial charge in [-0.1, -0.05) is 181 Å². The predicted octanol–water partition coefficient (Wildman–Crippen LogP) is 21.7. The fourth-order valence-electron chi connectivity index (χ4n) is 12.9. The Labute approximate surface area is 462 Å². The van der Waals surface area contributed by atoms with Gasteiger partial charge in [-0.2, -0.15) is 5.26 Å². The van der Waals surface area contributed by atoms with E-state index in [1.54, 1.807) is 0 Å². The van der Waals surface area contributed by atoms with Gasteiger partial charge >= 0.3 is 0 Å². The van der Waals surface area contributed by atoms with Crippen molar-refractivity contribution >= 4 is 175 Å². The van der Waals surface area contributed by atoms with E-state index in [2.05, 4.69) is 223 Å². The molecule has 78 heavy (non-hydrogen) atoms. The first-order valence-electron chi connectivity index (χ1n) is 26.0. The second kappa shape index (κ2) is 16.2. The van der Waals surface area contributed by atoms with Gasteiger partial charge in [0.25, 0.3) is 0 Å². The van der Waals surface area contributed by atoms with Crippen LogP contribution in [0.3, 0.4) is 0 Å². The Morgan fingerprint density at radius 1 is 0.359 bits per heavy atom. The number of nitriles is 1. The summed E-state index contributed by atoms with van der Waals surface area (Å²) in [7, 11) is 0. The third-order valence-corrected chi connectivity index (χ3v) is 21.1. The largest absolute Gasteiger partial charge is 0.316 e. The van der Waals surface area contributed by atoms with Crippen LogP contribution in [0.2, 0.25) is 0 Å². The fourth-order valence-corrected chi connectivity index (χ4v) is 17.9. The summed E-state index contributed by atoms with van der Waals surface area (Å²) in [6, 6.07) is 73.5. The van der Waals surface area contributed by atoms with Crippen molar-refractivity contribution in [3.05, 3.63) is 222 Å². The van der Waals surface area contributed by atoms with Gasteiger partial charge in [-0.25, -0.2) is 4.85 Å². The molecular formula is C70H38N4S4. The van der Waals surface area contributed by atoms with Crippen molar-refractivity contribution in [2.75, 3.05) is 0 Å². The third kappa shape index (κ3) is 5.84. The first-order valence-corrected chi connectivity index (χ1v) is 29.3. The predicted molar refractivity (Wildman–Crippen MR) is 338 cm³/mol. The normalized spacial score (nSPS) is 12.2. The molecule has 4 nitrogen and oxygen atoms in total. The third-order valence-electron chi connectivity index (χ3n) is 16.3. The highest BCUT2D eigenvalue weighted by Crippen LogP contribution is 2.57. The number of thiophene rings is 4. The van der Waals surface area contributed by atoms with Crippen LogP contribution >= 0.6 is 45.3 Å². The quantitative estimate of drug-likeness (QED) is 0.162. The van der Waals surface area contributed by atoms with Gasteiger partial charge in [0.15, 0.2) is 0 Å². The number of hydrogen-bond donors (Lipinski definition) is 0. The van der Waals surface area contributed by atoms with E-state index in [-0.39, 0.29) is 0 Å². The van der Waals surface area contributed by atoms with Crippen molar-refractivity contribution in [3.8, 4) is 39.7 Å². The molecule has 11 aromatic carbocycles. The summed E-state index contributed by atoms with van der Waals surface area (Å²) in [6.45, 7) is 14.0. The lowest BCUT2D eigenvalue weighted by Crippen LogP contribution is -2.09. The lowest BCUT2D eigenvalue weighted by Gasteiger charge is -2.26. The number of rotatable bonds is 4. The smallest absolute Gasteiger partial charge is 0.220 e. The number of fused-ring (bicyclic) bond motifs is 22. The molecule has 6 aromatic heterocycles. The Hall–Kier alpha value is -9.12. The lowest BCUT2D eigenvalue weighted by molar-refractivity contribution is 1.15. The van der Waals surface area contributed by atoms with Crippen LogP contribution in [0, 0.1) is 31.8 Å². The van der Waals surface area contributed by atoms with Crippen LogP contribution in [0.4, 0.5) is 5.69 Å². The zero-order valence-electron chi connectivity index (χ0n) is 41.9. The molecule has 0 N–H and O–H groups in total. The molecule has 8 heteroatoms. The monoisotopic (exact) mass is 1060 g/mol. The van der Waals surface area contributed by atoms with Crippen LogP contribution in [0.25, 0.3) is 163 Å². The minimum absolute atomic E-state index is 0.435.